The maximum Gasteiger partial charge on any atom is 0.0503 e. The lowest BCUT2D eigenvalue weighted by Gasteiger charge is -2.22. The van der Waals surface area contributed by atoms with Crippen LogP contribution in [0.2, 0.25) is 0 Å². The Morgan fingerprint density at radius 3 is 2.78 bits per heavy atom. The molecule has 1 nitrogen and oxygen atoms in total. The van der Waals surface area contributed by atoms with Crippen molar-refractivity contribution in [3.8, 4) is 0 Å². The standard InChI is InChI=1S/C15H19NS2/c1-3-14(16)15(12-7-8-17-10-12)18-13-6-4-5-11(2)9-13/h4-10,14-15H,3,16H2,1-2H3. The summed E-state index contributed by atoms with van der Waals surface area (Å²) < 4.78 is 0. The van der Waals surface area contributed by atoms with Gasteiger partial charge in [0.05, 0.1) is 5.25 Å². The Morgan fingerprint density at radius 2 is 2.17 bits per heavy atom. The number of thioether (sulfide) groups is 1. The summed E-state index contributed by atoms with van der Waals surface area (Å²) in [5.41, 5.74) is 8.93. The molecule has 0 aliphatic carbocycles. The van der Waals surface area contributed by atoms with Gasteiger partial charge in [0.1, 0.15) is 0 Å². The average molecular weight is 277 g/mol. The van der Waals surface area contributed by atoms with E-state index in [0.717, 1.165) is 6.42 Å². The Hall–Kier alpha value is -0.770. The van der Waals surface area contributed by atoms with Crippen molar-refractivity contribution in [2.24, 2.45) is 5.73 Å². The van der Waals surface area contributed by atoms with Gasteiger partial charge in [0, 0.05) is 10.9 Å². The lowest BCUT2D eigenvalue weighted by molar-refractivity contribution is 0.635. The van der Waals surface area contributed by atoms with Gasteiger partial charge >= 0.3 is 0 Å². The minimum absolute atomic E-state index is 0.199. The number of hydrogen-bond donors (Lipinski definition) is 1. The van der Waals surface area contributed by atoms with Crippen LogP contribution in [-0.2, 0) is 0 Å². The van der Waals surface area contributed by atoms with Gasteiger partial charge in [0.15, 0.2) is 0 Å². The van der Waals surface area contributed by atoms with Crippen LogP contribution < -0.4 is 5.73 Å². The Labute approximate surface area is 117 Å². The third-order valence-electron chi connectivity index (χ3n) is 2.98. The zero-order chi connectivity index (χ0) is 13.0. The minimum atomic E-state index is 0.199. The van der Waals surface area contributed by atoms with E-state index >= 15 is 0 Å². The van der Waals surface area contributed by atoms with Gasteiger partial charge < -0.3 is 5.73 Å². The highest BCUT2D eigenvalue weighted by Crippen LogP contribution is 2.39. The minimum Gasteiger partial charge on any atom is -0.326 e. The molecular formula is C15H19NS2. The number of hydrogen-bond acceptors (Lipinski definition) is 3. The largest absolute Gasteiger partial charge is 0.326 e. The molecule has 0 radical (unpaired) electrons. The van der Waals surface area contributed by atoms with Gasteiger partial charge in [-0.3, -0.25) is 0 Å². The predicted molar refractivity (Wildman–Crippen MR) is 82.4 cm³/mol. The van der Waals surface area contributed by atoms with Crippen LogP contribution in [0, 0.1) is 6.92 Å². The van der Waals surface area contributed by atoms with Crippen LogP contribution in [0.5, 0.6) is 0 Å². The van der Waals surface area contributed by atoms with Crippen LogP contribution in [0.1, 0.15) is 29.7 Å². The fourth-order valence-corrected chi connectivity index (χ4v) is 4.03. The maximum atomic E-state index is 6.28. The summed E-state index contributed by atoms with van der Waals surface area (Å²) in [5.74, 6) is 0. The molecule has 18 heavy (non-hydrogen) atoms. The lowest BCUT2D eigenvalue weighted by Crippen LogP contribution is -2.25. The number of aryl methyl sites for hydroxylation is 1. The van der Waals surface area contributed by atoms with E-state index in [1.807, 2.05) is 11.8 Å². The first-order valence-corrected chi connectivity index (χ1v) is 8.04. The summed E-state index contributed by atoms with van der Waals surface area (Å²) in [7, 11) is 0. The first-order chi connectivity index (χ1) is 8.70. The molecule has 0 spiro atoms. The molecule has 3 heteroatoms. The van der Waals surface area contributed by atoms with Crippen LogP contribution >= 0.6 is 23.1 Å². The Balaban J connectivity index is 2.20. The van der Waals surface area contributed by atoms with Crippen molar-refractivity contribution in [3.63, 3.8) is 0 Å². The van der Waals surface area contributed by atoms with E-state index in [0.29, 0.717) is 5.25 Å². The molecule has 0 aliphatic heterocycles. The van der Waals surface area contributed by atoms with Crippen molar-refractivity contribution in [2.45, 2.75) is 36.5 Å². The SMILES string of the molecule is CCC(N)C(Sc1cccc(C)c1)c1ccsc1. The molecule has 1 heterocycles. The van der Waals surface area contributed by atoms with Crippen molar-refractivity contribution >= 4 is 23.1 Å². The highest BCUT2D eigenvalue weighted by molar-refractivity contribution is 7.99. The Kier molecular flexibility index (Phi) is 4.87. The average Bonchev–Trinajstić information content (AvgIpc) is 2.89. The summed E-state index contributed by atoms with van der Waals surface area (Å²) in [5, 5.41) is 4.69. The lowest BCUT2D eigenvalue weighted by atomic mass is 10.1. The molecule has 0 aliphatic rings. The maximum absolute atomic E-state index is 6.28. The number of benzene rings is 1. The van der Waals surface area contributed by atoms with Crippen LogP contribution in [0.3, 0.4) is 0 Å². The number of nitrogens with two attached hydrogens (primary N) is 1. The molecule has 2 N–H and O–H groups in total. The van der Waals surface area contributed by atoms with Crippen molar-refractivity contribution in [1.82, 2.24) is 0 Å². The van der Waals surface area contributed by atoms with Crippen molar-refractivity contribution < 1.29 is 0 Å². The second-order valence-corrected chi connectivity index (χ2v) is 6.48. The highest BCUT2D eigenvalue weighted by atomic mass is 32.2. The van der Waals surface area contributed by atoms with E-state index in [4.69, 9.17) is 5.73 Å². The molecule has 2 rings (SSSR count). The normalized spacial score (nSPS) is 14.4. The molecule has 2 aromatic rings. The van der Waals surface area contributed by atoms with Crippen LogP contribution in [-0.4, -0.2) is 6.04 Å². The van der Waals surface area contributed by atoms with Crippen molar-refractivity contribution in [1.29, 1.82) is 0 Å². The highest BCUT2D eigenvalue weighted by Gasteiger charge is 2.20. The summed E-state index contributed by atoms with van der Waals surface area (Å²) in [6.07, 6.45) is 0.999. The Morgan fingerprint density at radius 1 is 1.33 bits per heavy atom. The molecular weight excluding hydrogens is 258 g/mol. The van der Waals surface area contributed by atoms with Crippen LogP contribution in [0.15, 0.2) is 46.0 Å². The molecule has 0 saturated heterocycles. The quantitative estimate of drug-likeness (QED) is 0.807. The number of thiophene rings is 1. The summed E-state index contributed by atoms with van der Waals surface area (Å²) >= 11 is 3.62. The third-order valence-corrected chi connectivity index (χ3v) is 5.09. The van der Waals surface area contributed by atoms with Gasteiger partial charge in [-0.05, 0) is 47.9 Å². The monoisotopic (exact) mass is 277 g/mol. The molecule has 0 bridgehead atoms. The third kappa shape index (κ3) is 3.37. The first-order valence-electron chi connectivity index (χ1n) is 6.21. The molecule has 1 aromatic heterocycles. The summed E-state index contributed by atoms with van der Waals surface area (Å²) in [6, 6.07) is 11.0. The first kappa shape index (κ1) is 13.7. The molecule has 96 valence electrons. The van der Waals surface area contributed by atoms with Crippen molar-refractivity contribution in [2.75, 3.05) is 0 Å². The molecule has 1 aromatic carbocycles. The van der Waals surface area contributed by atoms with Gasteiger partial charge in [0.2, 0.25) is 0 Å². The van der Waals surface area contributed by atoms with Gasteiger partial charge in [-0.2, -0.15) is 11.3 Å². The topological polar surface area (TPSA) is 26.0 Å². The van der Waals surface area contributed by atoms with Gasteiger partial charge in [-0.25, -0.2) is 0 Å². The zero-order valence-electron chi connectivity index (χ0n) is 10.8. The second-order valence-electron chi connectivity index (χ2n) is 4.48. The molecule has 0 amide bonds. The van der Waals surface area contributed by atoms with E-state index in [9.17, 15) is 0 Å². The van der Waals surface area contributed by atoms with E-state index in [-0.39, 0.29) is 6.04 Å². The second kappa shape index (κ2) is 6.41. The Bertz CT molecular complexity index is 479. The van der Waals surface area contributed by atoms with Crippen LogP contribution in [0.25, 0.3) is 0 Å². The van der Waals surface area contributed by atoms with Crippen molar-refractivity contribution in [3.05, 3.63) is 52.2 Å². The summed E-state index contributed by atoms with van der Waals surface area (Å²) in [4.78, 5) is 1.30. The molecule has 2 atom stereocenters. The molecule has 0 saturated carbocycles. The van der Waals surface area contributed by atoms with Gasteiger partial charge in [-0.1, -0.05) is 24.6 Å². The molecule has 0 fully saturated rings. The number of rotatable bonds is 5. The van der Waals surface area contributed by atoms with E-state index < -0.39 is 0 Å². The molecule has 2 unspecified atom stereocenters. The summed E-state index contributed by atoms with van der Waals surface area (Å²) in [6.45, 7) is 4.28. The smallest absolute Gasteiger partial charge is 0.0503 e. The fourth-order valence-electron chi connectivity index (χ4n) is 1.89. The zero-order valence-corrected chi connectivity index (χ0v) is 12.4. The van der Waals surface area contributed by atoms with E-state index in [1.54, 1.807) is 11.3 Å². The van der Waals surface area contributed by atoms with Gasteiger partial charge in [0.25, 0.3) is 0 Å². The fraction of sp³-hybridized carbons (Fsp3) is 0.333. The van der Waals surface area contributed by atoms with E-state index in [2.05, 4.69) is 54.9 Å². The predicted octanol–water partition coefficient (Wildman–Crippen LogP) is 4.63. The van der Waals surface area contributed by atoms with E-state index in [1.165, 1.54) is 16.0 Å². The van der Waals surface area contributed by atoms with Crippen LogP contribution in [0.4, 0.5) is 0 Å². The van der Waals surface area contributed by atoms with Gasteiger partial charge in [-0.15, -0.1) is 11.8 Å².